The Morgan fingerprint density at radius 1 is 1.26 bits per heavy atom. The number of nitrogens with one attached hydrogen (secondary N) is 2. The largest absolute Gasteiger partial charge is 0.481 e. The summed E-state index contributed by atoms with van der Waals surface area (Å²) in [6.07, 6.45) is 0.623. The summed E-state index contributed by atoms with van der Waals surface area (Å²) in [4.78, 5) is 32.6. The van der Waals surface area contributed by atoms with Crippen molar-refractivity contribution >= 4 is 18.0 Å². The number of aliphatic carboxylic acids is 2. The minimum absolute atomic E-state index is 0.0732. The van der Waals surface area contributed by atoms with Gasteiger partial charge in [0.25, 0.3) is 0 Å². The van der Waals surface area contributed by atoms with E-state index in [1.807, 2.05) is 0 Å². The molecule has 0 saturated heterocycles. The molecule has 0 aliphatic rings. The number of amides is 2. The summed E-state index contributed by atoms with van der Waals surface area (Å²) in [5.41, 5.74) is 0. The van der Waals surface area contributed by atoms with E-state index in [2.05, 4.69) is 22.5 Å². The molecular weight excluding hydrogens is 252 g/mol. The van der Waals surface area contributed by atoms with Crippen LogP contribution in [0, 0.1) is 11.8 Å². The van der Waals surface area contributed by atoms with Crippen LogP contribution in [0.1, 0.15) is 32.6 Å². The van der Waals surface area contributed by atoms with Gasteiger partial charge in [-0.2, -0.15) is 0 Å². The Morgan fingerprint density at radius 3 is 2.47 bits per heavy atom. The number of hydrogen-bond donors (Lipinski definition) is 4. The quantitative estimate of drug-likeness (QED) is 0.376. The Balaban J connectivity index is 4.03. The van der Waals surface area contributed by atoms with Gasteiger partial charge in [-0.1, -0.05) is 0 Å². The third kappa shape index (κ3) is 9.47. The SMILES string of the molecule is CC#CCCNC(=O)N[C@H](CCCC(=O)O)C(=O)O. The molecule has 106 valence electrons. The van der Waals surface area contributed by atoms with E-state index >= 15 is 0 Å². The number of urea groups is 1. The van der Waals surface area contributed by atoms with Gasteiger partial charge >= 0.3 is 18.0 Å². The summed E-state index contributed by atoms with van der Waals surface area (Å²) in [5, 5.41) is 22.1. The van der Waals surface area contributed by atoms with Crippen molar-refractivity contribution in [2.24, 2.45) is 0 Å². The molecule has 0 aromatic rings. The van der Waals surface area contributed by atoms with Gasteiger partial charge in [0.05, 0.1) is 0 Å². The van der Waals surface area contributed by atoms with Crippen molar-refractivity contribution < 1.29 is 24.6 Å². The van der Waals surface area contributed by atoms with Gasteiger partial charge in [-0.05, 0) is 19.8 Å². The molecule has 0 bridgehead atoms. The zero-order valence-electron chi connectivity index (χ0n) is 10.7. The number of carboxylic acid groups (broad SMARTS) is 2. The molecule has 0 radical (unpaired) electrons. The third-order valence-corrected chi connectivity index (χ3v) is 2.20. The molecule has 19 heavy (non-hydrogen) atoms. The van der Waals surface area contributed by atoms with Crippen LogP contribution in [-0.2, 0) is 9.59 Å². The molecule has 4 N–H and O–H groups in total. The molecule has 0 heterocycles. The second-order valence-electron chi connectivity index (χ2n) is 3.75. The van der Waals surface area contributed by atoms with Crippen molar-refractivity contribution in [2.45, 2.75) is 38.6 Å². The predicted octanol–water partition coefficient (Wildman–Crippen LogP) is 0.407. The molecule has 7 heteroatoms. The summed E-state index contributed by atoms with van der Waals surface area (Å²) >= 11 is 0. The first kappa shape index (κ1) is 16.8. The Bertz CT molecular complexity index is 383. The van der Waals surface area contributed by atoms with Gasteiger partial charge < -0.3 is 20.8 Å². The Morgan fingerprint density at radius 2 is 1.95 bits per heavy atom. The number of hydrogen-bond acceptors (Lipinski definition) is 3. The average Bonchev–Trinajstić information content (AvgIpc) is 2.33. The van der Waals surface area contributed by atoms with E-state index in [9.17, 15) is 14.4 Å². The van der Waals surface area contributed by atoms with Gasteiger partial charge in [0.15, 0.2) is 0 Å². The first-order chi connectivity index (χ1) is 8.97. The van der Waals surface area contributed by atoms with Gasteiger partial charge in [-0.15, -0.1) is 11.8 Å². The Kier molecular flexibility index (Phi) is 8.62. The van der Waals surface area contributed by atoms with E-state index in [4.69, 9.17) is 10.2 Å². The molecule has 0 unspecified atom stereocenters. The van der Waals surface area contributed by atoms with Gasteiger partial charge in [0, 0.05) is 19.4 Å². The minimum Gasteiger partial charge on any atom is -0.481 e. The third-order valence-electron chi connectivity index (χ3n) is 2.20. The topological polar surface area (TPSA) is 116 Å². The highest BCUT2D eigenvalue weighted by Crippen LogP contribution is 2.01. The van der Waals surface area contributed by atoms with Crippen LogP contribution in [0.15, 0.2) is 0 Å². The summed E-state index contributed by atoms with van der Waals surface area (Å²) in [6, 6.07) is -1.68. The van der Waals surface area contributed by atoms with Gasteiger partial charge in [0.1, 0.15) is 6.04 Å². The van der Waals surface area contributed by atoms with E-state index < -0.39 is 24.0 Å². The molecular formula is C12H18N2O5. The summed E-state index contributed by atoms with van der Waals surface area (Å²) in [6.45, 7) is 2.01. The fourth-order valence-corrected chi connectivity index (χ4v) is 1.29. The summed E-state index contributed by atoms with van der Waals surface area (Å²) in [7, 11) is 0. The molecule has 1 atom stereocenters. The van der Waals surface area contributed by atoms with Crippen LogP contribution in [0.5, 0.6) is 0 Å². The summed E-state index contributed by atoms with van der Waals surface area (Å²) in [5.74, 6) is 3.24. The zero-order valence-corrected chi connectivity index (χ0v) is 10.7. The van der Waals surface area contributed by atoms with Crippen LogP contribution in [0.25, 0.3) is 0 Å². The van der Waals surface area contributed by atoms with Crippen LogP contribution in [0.4, 0.5) is 4.79 Å². The van der Waals surface area contributed by atoms with Crippen LogP contribution >= 0.6 is 0 Å². The maximum atomic E-state index is 11.4. The van der Waals surface area contributed by atoms with Crippen LogP contribution in [0.3, 0.4) is 0 Å². The smallest absolute Gasteiger partial charge is 0.326 e. The minimum atomic E-state index is -1.19. The van der Waals surface area contributed by atoms with Crippen molar-refractivity contribution in [3.8, 4) is 11.8 Å². The molecule has 0 aromatic heterocycles. The lowest BCUT2D eigenvalue weighted by Gasteiger charge is -2.14. The number of carbonyl (C=O) groups is 3. The lowest BCUT2D eigenvalue weighted by molar-refractivity contribution is -0.140. The van der Waals surface area contributed by atoms with Gasteiger partial charge in [-0.25, -0.2) is 9.59 Å². The highest BCUT2D eigenvalue weighted by molar-refractivity contribution is 5.82. The van der Waals surface area contributed by atoms with Crippen molar-refractivity contribution in [1.29, 1.82) is 0 Å². The van der Waals surface area contributed by atoms with Crippen molar-refractivity contribution in [3.63, 3.8) is 0 Å². The maximum Gasteiger partial charge on any atom is 0.326 e. The second kappa shape index (κ2) is 9.76. The molecule has 0 rings (SSSR count). The maximum absolute atomic E-state index is 11.4. The van der Waals surface area contributed by atoms with Gasteiger partial charge in [0.2, 0.25) is 0 Å². The lowest BCUT2D eigenvalue weighted by Crippen LogP contribution is -2.46. The number of carbonyl (C=O) groups excluding carboxylic acids is 1. The molecule has 0 fully saturated rings. The predicted molar refractivity (Wildman–Crippen MR) is 67.5 cm³/mol. The molecule has 0 aliphatic heterocycles. The molecule has 0 aliphatic carbocycles. The first-order valence-electron chi connectivity index (χ1n) is 5.86. The first-order valence-corrected chi connectivity index (χ1v) is 5.86. The lowest BCUT2D eigenvalue weighted by atomic mass is 10.1. The molecule has 2 amide bonds. The van der Waals surface area contributed by atoms with Crippen molar-refractivity contribution in [3.05, 3.63) is 0 Å². The zero-order chi connectivity index (χ0) is 14.7. The van der Waals surface area contributed by atoms with E-state index in [1.165, 1.54) is 0 Å². The van der Waals surface area contributed by atoms with Crippen molar-refractivity contribution in [1.82, 2.24) is 10.6 Å². The molecule has 0 aromatic carbocycles. The van der Waals surface area contributed by atoms with Gasteiger partial charge in [-0.3, -0.25) is 4.79 Å². The molecule has 0 saturated carbocycles. The fraction of sp³-hybridized carbons (Fsp3) is 0.583. The molecule has 7 nitrogen and oxygen atoms in total. The average molecular weight is 270 g/mol. The standard InChI is InChI=1S/C12H18N2O5/c1-2-3-4-8-13-12(19)14-9(11(17)18)6-5-7-10(15)16/h9H,4-8H2,1H3,(H,15,16)(H,17,18)(H2,13,14,19)/t9-/m1/s1. The number of carboxylic acids is 2. The summed E-state index contributed by atoms with van der Waals surface area (Å²) < 4.78 is 0. The van der Waals surface area contributed by atoms with Crippen LogP contribution < -0.4 is 10.6 Å². The highest BCUT2D eigenvalue weighted by Gasteiger charge is 2.19. The fourth-order valence-electron chi connectivity index (χ4n) is 1.29. The Hall–Kier alpha value is -2.23. The Labute approximate surface area is 111 Å². The van der Waals surface area contributed by atoms with E-state index in [0.717, 1.165) is 0 Å². The van der Waals surface area contributed by atoms with Crippen LogP contribution in [-0.4, -0.2) is 40.8 Å². The molecule has 0 spiro atoms. The normalized spacial score (nSPS) is 10.8. The van der Waals surface area contributed by atoms with E-state index in [-0.39, 0.29) is 19.3 Å². The van der Waals surface area contributed by atoms with Crippen LogP contribution in [0.2, 0.25) is 0 Å². The monoisotopic (exact) mass is 270 g/mol. The highest BCUT2D eigenvalue weighted by atomic mass is 16.4. The van der Waals surface area contributed by atoms with Crippen molar-refractivity contribution in [2.75, 3.05) is 6.54 Å². The second-order valence-corrected chi connectivity index (χ2v) is 3.75. The van der Waals surface area contributed by atoms with E-state index in [0.29, 0.717) is 13.0 Å². The van der Waals surface area contributed by atoms with E-state index in [1.54, 1.807) is 6.92 Å². The number of rotatable bonds is 8.